The number of carbonyl (C=O) groups excluding carboxylic acids is 1. The summed E-state index contributed by atoms with van der Waals surface area (Å²) in [5.41, 5.74) is 5.99. The van der Waals surface area contributed by atoms with E-state index in [1.165, 1.54) is 11.1 Å². The van der Waals surface area contributed by atoms with Gasteiger partial charge in [-0.15, -0.1) is 0 Å². The van der Waals surface area contributed by atoms with Gasteiger partial charge in [0.2, 0.25) is 0 Å². The lowest BCUT2D eigenvalue weighted by Gasteiger charge is -2.17. The number of allylic oxidation sites excluding steroid dienone is 3. The molecular formula is C19H21NO. The average molecular weight is 279 g/mol. The van der Waals surface area contributed by atoms with Gasteiger partial charge >= 0.3 is 0 Å². The van der Waals surface area contributed by atoms with Crippen LogP contribution in [0.1, 0.15) is 49.4 Å². The summed E-state index contributed by atoms with van der Waals surface area (Å²) in [6.45, 7) is 13.7. The molecule has 0 aliphatic heterocycles. The molecule has 0 radical (unpaired) electrons. The van der Waals surface area contributed by atoms with E-state index in [1.807, 2.05) is 27.7 Å². The first-order chi connectivity index (χ1) is 9.66. The molecule has 0 bridgehead atoms. The maximum absolute atomic E-state index is 12.5. The van der Waals surface area contributed by atoms with E-state index in [0.717, 1.165) is 22.3 Å². The van der Waals surface area contributed by atoms with Gasteiger partial charge in [0, 0.05) is 5.41 Å². The van der Waals surface area contributed by atoms with Gasteiger partial charge in [-0.1, -0.05) is 39.5 Å². The van der Waals surface area contributed by atoms with Gasteiger partial charge in [0.25, 0.3) is 0 Å². The molecule has 0 N–H and O–H groups in total. The van der Waals surface area contributed by atoms with Gasteiger partial charge in [-0.3, -0.25) is 4.79 Å². The maximum Gasteiger partial charge on any atom is 0.178 e. The zero-order chi connectivity index (χ0) is 15.9. The second-order valence-corrected chi connectivity index (χ2v) is 6.81. The zero-order valence-corrected chi connectivity index (χ0v) is 13.4. The largest absolute Gasteiger partial charge is 0.293 e. The Balaban J connectivity index is 2.71. The quantitative estimate of drug-likeness (QED) is 0.556. The van der Waals surface area contributed by atoms with Crippen LogP contribution in [0, 0.1) is 30.6 Å². The van der Waals surface area contributed by atoms with Crippen LogP contribution in [-0.2, 0) is 4.79 Å². The molecule has 0 saturated heterocycles. The summed E-state index contributed by atoms with van der Waals surface area (Å²) < 4.78 is 0. The third kappa shape index (κ3) is 2.56. The van der Waals surface area contributed by atoms with E-state index >= 15 is 0 Å². The fourth-order valence-electron chi connectivity index (χ4n) is 2.62. The van der Waals surface area contributed by atoms with Crippen molar-refractivity contribution in [1.29, 1.82) is 5.26 Å². The average Bonchev–Trinajstić information content (AvgIpc) is 2.67. The molecule has 1 aliphatic carbocycles. The molecule has 0 atom stereocenters. The molecule has 2 nitrogen and oxygen atoms in total. The van der Waals surface area contributed by atoms with Crippen molar-refractivity contribution >= 4 is 16.9 Å². The van der Waals surface area contributed by atoms with Crippen LogP contribution >= 0.6 is 0 Å². The van der Waals surface area contributed by atoms with E-state index < -0.39 is 5.41 Å². The highest BCUT2D eigenvalue weighted by Crippen LogP contribution is 2.43. The van der Waals surface area contributed by atoms with E-state index in [2.05, 4.69) is 31.7 Å². The molecule has 0 spiro atoms. The number of nitrogens with zero attached hydrogens (tertiary/aromatic N) is 1. The van der Waals surface area contributed by atoms with Crippen molar-refractivity contribution in [3.05, 3.63) is 46.5 Å². The van der Waals surface area contributed by atoms with E-state index in [0.29, 0.717) is 6.42 Å². The molecule has 0 saturated carbocycles. The van der Waals surface area contributed by atoms with Gasteiger partial charge in [-0.2, -0.15) is 5.26 Å². The van der Waals surface area contributed by atoms with Crippen molar-refractivity contribution in [2.24, 2.45) is 5.41 Å². The molecule has 0 aromatic heterocycles. The van der Waals surface area contributed by atoms with Crippen LogP contribution in [0.4, 0.5) is 0 Å². The molecule has 0 unspecified atom stereocenters. The Morgan fingerprint density at radius 2 is 1.71 bits per heavy atom. The zero-order valence-electron chi connectivity index (χ0n) is 13.4. The summed E-state index contributed by atoms with van der Waals surface area (Å²) >= 11 is 0. The van der Waals surface area contributed by atoms with Crippen molar-refractivity contribution in [2.75, 3.05) is 0 Å². The lowest BCUT2D eigenvalue weighted by atomic mass is 9.83. The fourth-order valence-corrected chi connectivity index (χ4v) is 2.62. The Hall–Kier alpha value is -2.14. The fraction of sp³-hybridized carbons (Fsp3) is 0.368. The third-order valence-corrected chi connectivity index (χ3v) is 4.05. The van der Waals surface area contributed by atoms with Crippen LogP contribution < -0.4 is 0 Å². The minimum atomic E-state index is -0.554. The number of benzene rings is 1. The number of carbonyl (C=O) groups is 1. The Labute approximate surface area is 126 Å². The second-order valence-electron chi connectivity index (χ2n) is 6.81. The Morgan fingerprint density at radius 3 is 2.19 bits per heavy atom. The number of ketones is 1. The molecule has 21 heavy (non-hydrogen) atoms. The van der Waals surface area contributed by atoms with Gasteiger partial charge in [-0.05, 0) is 53.7 Å². The molecule has 2 rings (SSSR count). The monoisotopic (exact) mass is 279 g/mol. The SMILES string of the molecule is C=C1C/C(=C(/C#N)C(=O)C(C)(C)C)c2cc(C)c(C)cc21. The number of hydrogen-bond acceptors (Lipinski definition) is 2. The first-order valence-electron chi connectivity index (χ1n) is 7.14. The standard InChI is InChI=1S/C19H21NO/c1-11-7-14-13(3)9-16(15(14)8-12(11)2)17(10-20)18(21)19(4,5)6/h7-8H,3,9H2,1-2,4-6H3/b17-16+. The Bertz CT molecular complexity index is 721. The minimum Gasteiger partial charge on any atom is -0.293 e. The lowest BCUT2D eigenvalue weighted by Crippen LogP contribution is -2.22. The summed E-state index contributed by atoms with van der Waals surface area (Å²) in [7, 11) is 0. The summed E-state index contributed by atoms with van der Waals surface area (Å²) in [5.74, 6) is -0.0983. The van der Waals surface area contributed by atoms with E-state index in [1.54, 1.807) is 0 Å². The summed E-state index contributed by atoms with van der Waals surface area (Å²) in [4.78, 5) is 12.5. The van der Waals surface area contributed by atoms with E-state index in [4.69, 9.17) is 0 Å². The van der Waals surface area contributed by atoms with Crippen molar-refractivity contribution in [3.63, 3.8) is 0 Å². The maximum atomic E-state index is 12.5. The van der Waals surface area contributed by atoms with Gasteiger partial charge in [0.05, 0.1) is 5.57 Å². The number of nitriles is 1. The van der Waals surface area contributed by atoms with Gasteiger partial charge in [0.1, 0.15) is 6.07 Å². The smallest absolute Gasteiger partial charge is 0.178 e. The first kappa shape index (κ1) is 15.3. The number of rotatable bonds is 1. The molecule has 0 fully saturated rings. The number of Topliss-reactive ketones (excluding diaryl/α,β-unsaturated/α-hetero) is 1. The Kier molecular flexibility index (Phi) is 3.63. The van der Waals surface area contributed by atoms with Crippen molar-refractivity contribution in [2.45, 2.75) is 41.0 Å². The minimum absolute atomic E-state index is 0.0983. The lowest BCUT2D eigenvalue weighted by molar-refractivity contribution is -0.122. The van der Waals surface area contributed by atoms with Crippen LogP contribution in [0.2, 0.25) is 0 Å². The number of hydrogen-bond donors (Lipinski definition) is 0. The molecule has 1 aromatic carbocycles. The van der Waals surface area contributed by atoms with Gasteiger partial charge in [-0.25, -0.2) is 0 Å². The van der Waals surface area contributed by atoms with E-state index in [-0.39, 0.29) is 11.4 Å². The molecule has 1 aliphatic rings. The molecule has 2 heteroatoms. The van der Waals surface area contributed by atoms with Crippen LogP contribution in [0.5, 0.6) is 0 Å². The predicted octanol–water partition coefficient (Wildman–Crippen LogP) is 4.61. The summed E-state index contributed by atoms with van der Waals surface area (Å²) in [6, 6.07) is 6.32. The van der Waals surface area contributed by atoms with E-state index in [9.17, 15) is 10.1 Å². The van der Waals surface area contributed by atoms with Crippen LogP contribution in [-0.4, -0.2) is 5.78 Å². The molecule has 108 valence electrons. The highest BCUT2D eigenvalue weighted by atomic mass is 16.1. The van der Waals surface area contributed by atoms with Crippen LogP contribution in [0.25, 0.3) is 11.1 Å². The Morgan fingerprint density at radius 1 is 1.19 bits per heavy atom. The van der Waals surface area contributed by atoms with Crippen molar-refractivity contribution in [3.8, 4) is 6.07 Å². The van der Waals surface area contributed by atoms with Crippen LogP contribution in [0.3, 0.4) is 0 Å². The molecule has 0 amide bonds. The number of fused-ring (bicyclic) bond motifs is 1. The highest BCUT2D eigenvalue weighted by molar-refractivity contribution is 6.12. The normalized spacial score (nSPS) is 16.5. The van der Waals surface area contributed by atoms with Crippen molar-refractivity contribution in [1.82, 2.24) is 0 Å². The summed E-state index contributed by atoms with van der Waals surface area (Å²) in [5, 5.41) is 9.50. The third-order valence-electron chi connectivity index (χ3n) is 4.05. The molecule has 0 heterocycles. The summed E-state index contributed by atoms with van der Waals surface area (Å²) in [6.07, 6.45) is 0.586. The molecule has 1 aromatic rings. The predicted molar refractivity (Wildman–Crippen MR) is 86.6 cm³/mol. The second kappa shape index (κ2) is 5.00. The van der Waals surface area contributed by atoms with Gasteiger partial charge in [0.15, 0.2) is 5.78 Å². The first-order valence-corrected chi connectivity index (χ1v) is 7.14. The number of aryl methyl sites for hydroxylation is 2. The van der Waals surface area contributed by atoms with Crippen LogP contribution in [0.15, 0.2) is 24.3 Å². The van der Waals surface area contributed by atoms with Gasteiger partial charge < -0.3 is 0 Å². The topological polar surface area (TPSA) is 40.9 Å². The van der Waals surface area contributed by atoms with Crippen molar-refractivity contribution < 1.29 is 4.79 Å². The highest BCUT2D eigenvalue weighted by Gasteiger charge is 2.31. The molecular weight excluding hydrogens is 258 g/mol.